The van der Waals surface area contributed by atoms with Crippen molar-refractivity contribution in [2.75, 3.05) is 13.7 Å². The minimum absolute atomic E-state index is 0.0535. The molecule has 4 rings (SSSR count). The van der Waals surface area contributed by atoms with Crippen molar-refractivity contribution in [3.8, 4) is 5.75 Å². The Morgan fingerprint density at radius 3 is 2.87 bits per heavy atom. The van der Waals surface area contributed by atoms with Crippen LogP contribution in [0.15, 0.2) is 59.1 Å². The molecule has 2 aromatic carbocycles. The Kier molecular flexibility index (Phi) is 6.12. The summed E-state index contributed by atoms with van der Waals surface area (Å²) in [6, 6.07) is 13.9. The van der Waals surface area contributed by atoms with Gasteiger partial charge in [0.05, 0.1) is 19.7 Å². The van der Waals surface area contributed by atoms with Crippen LogP contribution in [0.5, 0.6) is 5.75 Å². The largest absolute Gasteiger partial charge is 0.497 e. The third-order valence-electron chi connectivity index (χ3n) is 5.44. The summed E-state index contributed by atoms with van der Waals surface area (Å²) in [6.07, 6.45) is 5.27. The number of nitrogens with zero attached hydrogens (tertiary/aromatic N) is 2. The second kappa shape index (κ2) is 9.11. The molecule has 1 atom stereocenters. The molecule has 1 amide bonds. The zero-order valence-electron chi connectivity index (χ0n) is 17.0. The van der Waals surface area contributed by atoms with Crippen molar-refractivity contribution >= 4 is 5.91 Å². The first-order valence-corrected chi connectivity index (χ1v) is 10.2. The lowest BCUT2D eigenvalue weighted by atomic mass is 10.0. The summed E-state index contributed by atoms with van der Waals surface area (Å²) in [7, 11) is 1.62. The van der Waals surface area contributed by atoms with Crippen LogP contribution >= 0.6 is 0 Å². The van der Waals surface area contributed by atoms with Gasteiger partial charge >= 0.3 is 0 Å². The summed E-state index contributed by atoms with van der Waals surface area (Å²) >= 11 is 0. The standard InChI is InChI=1S/C24H25FN2O3/c1-29-20-9-5-7-18(13-20)15-23(28)27-11-3-2-10-22(27)24-26-16-21(30-24)14-17-6-4-8-19(25)12-17/h4-9,12-13,16,22H,2-3,10-11,14-15H2,1H3/t22-/m1/s1. The highest BCUT2D eigenvalue weighted by Crippen LogP contribution is 2.31. The van der Waals surface area contributed by atoms with E-state index in [1.807, 2.05) is 35.2 Å². The number of ether oxygens (including phenoxy) is 1. The molecule has 0 bridgehead atoms. The number of likely N-dealkylation sites (tertiary alicyclic amines) is 1. The molecule has 1 aliphatic rings. The van der Waals surface area contributed by atoms with E-state index >= 15 is 0 Å². The highest BCUT2D eigenvalue weighted by atomic mass is 19.1. The van der Waals surface area contributed by atoms with Gasteiger partial charge in [0.15, 0.2) is 0 Å². The van der Waals surface area contributed by atoms with Crippen LogP contribution in [0.25, 0.3) is 0 Å². The predicted molar refractivity (Wildman–Crippen MR) is 111 cm³/mol. The second-order valence-corrected chi connectivity index (χ2v) is 7.60. The molecule has 0 radical (unpaired) electrons. The van der Waals surface area contributed by atoms with Crippen LogP contribution in [0.4, 0.5) is 4.39 Å². The van der Waals surface area contributed by atoms with Crippen LogP contribution in [0.2, 0.25) is 0 Å². The quantitative estimate of drug-likeness (QED) is 0.593. The molecule has 156 valence electrons. The first-order valence-electron chi connectivity index (χ1n) is 10.2. The van der Waals surface area contributed by atoms with Crippen LogP contribution < -0.4 is 4.74 Å². The zero-order valence-corrected chi connectivity index (χ0v) is 17.0. The highest BCUT2D eigenvalue weighted by molar-refractivity contribution is 5.79. The first-order chi connectivity index (χ1) is 14.6. The Balaban J connectivity index is 1.48. The Morgan fingerprint density at radius 1 is 1.20 bits per heavy atom. The van der Waals surface area contributed by atoms with Gasteiger partial charge in [-0.1, -0.05) is 24.3 Å². The molecule has 6 heteroatoms. The fraction of sp³-hybridized carbons (Fsp3) is 0.333. The fourth-order valence-corrected chi connectivity index (χ4v) is 3.95. The van der Waals surface area contributed by atoms with E-state index < -0.39 is 0 Å². The number of piperidine rings is 1. The van der Waals surface area contributed by atoms with Crippen LogP contribution in [0, 0.1) is 5.82 Å². The summed E-state index contributed by atoms with van der Waals surface area (Å²) in [5.41, 5.74) is 1.75. The van der Waals surface area contributed by atoms with E-state index in [1.165, 1.54) is 12.1 Å². The average molecular weight is 408 g/mol. The smallest absolute Gasteiger partial charge is 0.227 e. The molecular weight excluding hydrogens is 383 g/mol. The van der Waals surface area contributed by atoms with Crippen molar-refractivity contribution < 1.29 is 18.3 Å². The van der Waals surface area contributed by atoms with Crippen molar-refractivity contribution in [3.05, 3.63) is 83.3 Å². The molecule has 1 fully saturated rings. The van der Waals surface area contributed by atoms with Crippen molar-refractivity contribution in [2.45, 2.75) is 38.1 Å². The first kappa shape index (κ1) is 20.1. The lowest BCUT2D eigenvalue weighted by Crippen LogP contribution is -2.39. The number of halogens is 1. The van der Waals surface area contributed by atoms with Crippen molar-refractivity contribution in [1.29, 1.82) is 0 Å². The number of aromatic nitrogens is 1. The Morgan fingerprint density at radius 2 is 2.03 bits per heavy atom. The number of carbonyl (C=O) groups excluding carboxylic acids is 1. The molecular formula is C24H25FN2O3. The average Bonchev–Trinajstić information content (AvgIpc) is 3.22. The molecule has 2 heterocycles. The van der Waals surface area contributed by atoms with Gasteiger partial charge in [-0.3, -0.25) is 4.79 Å². The monoisotopic (exact) mass is 408 g/mol. The fourth-order valence-electron chi connectivity index (χ4n) is 3.95. The maximum absolute atomic E-state index is 13.4. The van der Waals surface area contributed by atoms with Crippen molar-refractivity contribution in [3.63, 3.8) is 0 Å². The van der Waals surface area contributed by atoms with Gasteiger partial charge in [-0.2, -0.15) is 0 Å². The Hall–Kier alpha value is -3.15. The lowest BCUT2D eigenvalue weighted by Gasteiger charge is -2.34. The predicted octanol–water partition coefficient (Wildman–Crippen LogP) is 4.71. The molecule has 0 unspecified atom stereocenters. The summed E-state index contributed by atoms with van der Waals surface area (Å²) in [5, 5.41) is 0. The molecule has 3 aromatic rings. The van der Waals surface area contributed by atoms with Crippen molar-refractivity contribution in [1.82, 2.24) is 9.88 Å². The number of rotatable bonds is 6. The summed E-state index contributed by atoms with van der Waals surface area (Å²) in [4.78, 5) is 19.4. The minimum atomic E-state index is -0.270. The summed E-state index contributed by atoms with van der Waals surface area (Å²) < 4.78 is 24.7. The summed E-state index contributed by atoms with van der Waals surface area (Å²) in [5.74, 6) is 1.75. The van der Waals surface area contributed by atoms with E-state index in [9.17, 15) is 9.18 Å². The molecule has 0 spiro atoms. The van der Waals surface area contributed by atoms with E-state index in [0.29, 0.717) is 31.0 Å². The van der Waals surface area contributed by atoms with E-state index in [1.54, 1.807) is 19.4 Å². The molecule has 1 saturated heterocycles. The third kappa shape index (κ3) is 4.70. The molecule has 1 aromatic heterocycles. The lowest BCUT2D eigenvalue weighted by molar-refractivity contribution is -0.134. The molecule has 1 aliphatic heterocycles. The van der Waals surface area contributed by atoms with Crippen molar-refractivity contribution in [2.24, 2.45) is 0 Å². The molecule has 5 nitrogen and oxygen atoms in total. The van der Waals surface area contributed by atoms with E-state index in [2.05, 4.69) is 4.98 Å². The maximum Gasteiger partial charge on any atom is 0.227 e. The van der Waals surface area contributed by atoms with E-state index in [0.717, 1.165) is 36.1 Å². The van der Waals surface area contributed by atoms with Crippen LogP contribution in [-0.4, -0.2) is 29.4 Å². The topological polar surface area (TPSA) is 55.6 Å². The van der Waals surface area contributed by atoms with Gasteiger partial charge in [0.1, 0.15) is 23.4 Å². The number of hydrogen-bond donors (Lipinski definition) is 0. The van der Waals surface area contributed by atoms with E-state index in [-0.39, 0.29) is 17.8 Å². The number of hydrogen-bond acceptors (Lipinski definition) is 4. The van der Waals surface area contributed by atoms with Gasteiger partial charge in [-0.05, 0) is 54.7 Å². The van der Waals surface area contributed by atoms with Crippen LogP contribution in [0.3, 0.4) is 0 Å². The number of carbonyl (C=O) groups is 1. The van der Waals surface area contributed by atoms with E-state index in [4.69, 9.17) is 9.15 Å². The van der Waals surface area contributed by atoms with Crippen LogP contribution in [0.1, 0.15) is 48.1 Å². The molecule has 0 aliphatic carbocycles. The SMILES string of the molecule is COc1cccc(CC(=O)N2CCCC[C@@H]2c2ncc(Cc3cccc(F)c3)o2)c1. The van der Waals surface area contributed by atoms with Crippen LogP contribution in [-0.2, 0) is 17.6 Å². The zero-order chi connectivity index (χ0) is 20.9. The van der Waals surface area contributed by atoms with Gasteiger partial charge in [-0.25, -0.2) is 9.37 Å². The Bertz CT molecular complexity index is 1020. The summed E-state index contributed by atoms with van der Waals surface area (Å²) in [6.45, 7) is 0.690. The second-order valence-electron chi connectivity index (χ2n) is 7.60. The minimum Gasteiger partial charge on any atom is -0.497 e. The molecule has 0 N–H and O–H groups in total. The highest BCUT2D eigenvalue weighted by Gasteiger charge is 2.31. The number of amides is 1. The third-order valence-corrected chi connectivity index (χ3v) is 5.44. The molecule has 0 saturated carbocycles. The van der Waals surface area contributed by atoms with Gasteiger partial charge in [0, 0.05) is 13.0 Å². The van der Waals surface area contributed by atoms with Gasteiger partial charge in [-0.15, -0.1) is 0 Å². The van der Waals surface area contributed by atoms with Gasteiger partial charge in [0.25, 0.3) is 0 Å². The normalized spacial score (nSPS) is 16.5. The van der Waals surface area contributed by atoms with Gasteiger partial charge in [0.2, 0.25) is 11.8 Å². The molecule has 30 heavy (non-hydrogen) atoms. The number of methoxy groups -OCH3 is 1. The van der Waals surface area contributed by atoms with Gasteiger partial charge < -0.3 is 14.1 Å². The number of benzene rings is 2. The number of oxazole rings is 1. The maximum atomic E-state index is 13.4. The Labute approximate surface area is 175 Å².